The van der Waals surface area contributed by atoms with E-state index in [4.69, 9.17) is 26.6 Å². The highest BCUT2D eigenvalue weighted by atomic mass is 28.5. The van der Waals surface area contributed by atoms with Crippen molar-refractivity contribution in [2.75, 3.05) is 38.5 Å². The van der Waals surface area contributed by atoms with Crippen LogP contribution in [0.4, 0.5) is 0 Å². The summed E-state index contributed by atoms with van der Waals surface area (Å²) in [7, 11) is -7.71. The molecule has 0 amide bonds. The van der Waals surface area contributed by atoms with Gasteiger partial charge in [-0.3, -0.25) is 0 Å². The average molecular weight is 481 g/mol. The second kappa shape index (κ2) is 15.3. The topological polar surface area (TPSA) is 55.4 Å². The van der Waals surface area contributed by atoms with Crippen molar-refractivity contribution in [1.29, 1.82) is 0 Å². The highest BCUT2D eigenvalue weighted by Gasteiger charge is 2.62. The van der Waals surface area contributed by atoms with Gasteiger partial charge in [-0.1, -0.05) is 60.8 Å². The van der Waals surface area contributed by atoms with Crippen LogP contribution in [0.5, 0.6) is 0 Å². The maximum atomic E-state index is 7.01. The molecule has 0 aromatic heterocycles. The normalized spacial score (nSPS) is 29.4. The van der Waals surface area contributed by atoms with Crippen LogP contribution < -0.4 is 0 Å². The second-order valence-electron chi connectivity index (χ2n) is 8.45. The Kier molecular flexibility index (Phi) is 14.5. The van der Waals surface area contributed by atoms with Gasteiger partial charge in [0.2, 0.25) is 0 Å². The number of hydrogen-bond donors (Lipinski definition) is 0. The molecule has 0 bridgehead atoms. The van der Waals surface area contributed by atoms with Gasteiger partial charge in [0.05, 0.1) is 18.7 Å². The summed E-state index contributed by atoms with van der Waals surface area (Å²) >= 11 is 0. The molecule has 9 heteroatoms. The molecule has 0 saturated carbocycles. The van der Waals surface area contributed by atoms with Crippen molar-refractivity contribution >= 4 is 25.7 Å². The van der Waals surface area contributed by atoms with Crippen molar-refractivity contribution in [3.05, 3.63) is 0 Å². The molecule has 0 unspecified atom stereocenters. The maximum Gasteiger partial charge on any atom is 0.347 e. The van der Waals surface area contributed by atoms with E-state index < -0.39 is 25.7 Å². The van der Waals surface area contributed by atoms with E-state index in [9.17, 15) is 0 Å². The maximum absolute atomic E-state index is 7.01. The molecule has 1 fully saturated rings. The molecule has 1 saturated heterocycles. The fourth-order valence-electron chi connectivity index (χ4n) is 4.04. The first kappa shape index (κ1) is 28.4. The Balaban J connectivity index is 3.29. The van der Waals surface area contributed by atoms with Crippen LogP contribution in [0.1, 0.15) is 80.1 Å². The van der Waals surface area contributed by atoms with Crippen LogP contribution in [-0.4, -0.2) is 64.2 Å². The van der Waals surface area contributed by atoms with Gasteiger partial charge in [0.1, 0.15) is 0 Å². The number of ether oxygens (including phenoxy) is 3. The highest BCUT2D eigenvalue weighted by molar-refractivity contribution is 6.94. The molecular weight excluding hydrogens is 432 g/mol. The van der Waals surface area contributed by atoms with E-state index in [1.165, 1.54) is 0 Å². The fourth-order valence-corrected chi connectivity index (χ4v) is 21.7. The standard InChI is InChI=1S/C21H48O6Si3/c1-7-13-22-19-28(16-10-4)25-29(17-11-5,20-23-14-8-2)27-30(26-28,18-12-6)21-24-15-9-3/h7-21H2,1-6H3. The van der Waals surface area contributed by atoms with Crippen LogP contribution in [0.25, 0.3) is 0 Å². The van der Waals surface area contributed by atoms with Crippen molar-refractivity contribution in [2.45, 2.75) is 98.2 Å². The summed E-state index contributed by atoms with van der Waals surface area (Å²) in [4.78, 5) is 0. The van der Waals surface area contributed by atoms with E-state index in [1.54, 1.807) is 0 Å². The van der Waals surface area contributed by atoms with Crippen molar-refractivity contribution in [1.82, 2.24) is 0 Å². The molecule has 6 nitrogen and oxygen atoms in total. The third kappa shape index (κ3) is 9.11. The Morgan fingerprint density at radius 2 is 0.700 bits per heavy atom. The zero-order chi connectivity index (χ0) is 22.3. The van der Waals surface area contributed by atoms with Gasteiger partial charge in [0, 0.05) is 19.8 Å². The Morgan fingerprint density at radius 3 is 0.900 bits per heavy atom. The van der Waals surface area contributed by atoms with Gasteiger partial charge in [-0.25, -0.2) is 0 Å². The van der Waals surface area contributed by atoms with Crippen molar-refractivity contribution in [3.63, 3.8) is 0 Å². The first-order chi connectivity index (χ1) is 14.5. The van der Waals surface area contributed by atoms with E-state index in [1.807, 2.05) is 0 Å². The van der Waals surface area contributed by atoms with E-state index >= 15 is 0 Å². The molecule has 0 atom stereocenters. The molecule has 180 valence electrons. The average Bonchev–Trinajstić information content (AvgIpc) is 2.69. The van der Waals surface area contributed by atoms with Gasteiger partial charge in [0.15, 0.2) is 0 Å². The molecule has 1 aliphatic rings. The van der Waals surface area contributed by atoms with Crippen LogP contribution in [0.3, 0.4) is 0 Å². The Hall–Kier alpha value is 0.411. The molecule has 1 rings (SSSR count). The lowest BCUT2D eigenvalue weighted by atomic mass is 10.5. The van der Waals surface area contributed by atoms with Crippen molar-refractivity contribution in [2.24, 2.45) is 0 Å². The van der Waals surface area contributed by atoms with Gasteiger partial charge in [-0.2, -0.15) is 0 Å². The van der Waals surface area contributed by atoms with Gasteiger partial charge in [-0.15, -0.1) is 0 Å². The quantitative estimate of drug-likeness (QED) is 0.191. The Morgan fingerprint density at radius 1 is 0.433 bits per heavy atom. The van der Waals surface area contributed by atoms with Gasteiger partial charge >= 0.3 is 25.7 Å². The summed E-state index contributed by atoms with van der Waals surface area (Å²) in [6.45, 7) is 15.3. The van der Waals surface area contributed by atoms with Crippen LogP contribution >= 0.6 is 0 Å². The van der Waals surface area contributed by atoms with Gasteiger partial charge in [0.25, 0.3) is 0 Å². The first-order valence-corrected chi connectivity index (χ1v) is 19.0. The summed E-state index contributed by atoms with van der Waals surface area (Å²) in [5, 5.41) is 0. The molecule has 0 aliphatic carbocycles. The predicted molar refractivity (Wildman–Crippen MR) is 129 cm³/mol. The van der Waals surface area contributed by atoms with Gasteiger partial charge < -0.3 is 26.6 Å². The zero-order valence-electron chi connectivity index (χ0n) is 20.6. The lowest BCUT2D eigenvalue weighted by molar-refractivity contribution is 0.0833. The van der Waals surface area contributed by atoms with Crippen LogP contribution in [0.15, 0.2) is 0 Å². The number of hydrogen-bond acceptors (Lipinski definition) is 6. The highest BCUT2D eigenvalue weighted by Crippen LogP contribution is 2.39. The number of rotatable bonds is 18. The van der Waals surface area contributed by atoms with E-state index in [0.717, 1.165) is 76.5 Å². The first-order valence-electron chi connectivity index (χ1n) is 12.3. The monoisotopic (exact) mass is 480 g/mol. The van der Waals surface area contributed by atoms with E-state index in [0.29, 0.717) is 18.7 Å². The van der Waals surface area contributed by atoms with Crippen LogP contribution in [0.2, 0.25) is 18.1 Å². The summed E-state index contributed by atoms with van der Waals surface area (Å²) in [5.74, 6) is 0. The lowest BCUT2D eigenvalue weighted by Gasteiger charge is -2.53. The smallest absolute Gasteiger partial charge is 0.347 e. The molecule has 0 aromatic rings. The minimum absolute atomic E-state index is 0.594. The fraction of sp³-hybridized carbons (Fsp3) is 1.00. The summed E-state index contributed by atoms with van der Waals surface area (Å²) in [6.07, 6.45) is 7.87. The minimum Gasteiger partial charge on any atom is -0.413 e. The zero-order valence-corrected chi connectivity index (χ0v) is 23.6. The third-order valence-electron chi connectivity index (χ3n) is 5.02. The molecule has 1 heterocycles. The summed E-state index contributed by atoms with van der Waals surface area (Å²) in [5.41, 5.74) is 0. The summed E-state index contributed by atoms with van der Waals surface area (Å²) in [6, 6.07) is 2.83. The lowest BCUT2D eigenvalue weighted by Crippen LogP contribution is -2.74. The molecule has 30 heavy (non-hydrogen) atoms. The van der Waals surface area contributed by atoms with Crippen molar-refractivity contribution < 1.29 is 26.6 Å². The van der Waals surface area contributed by atoms with Crippen LogP contribution in [-0.2, 0) is 26.6 Å². The largest absolute Gasteiger partial charge is 0.413 e. The third-order valence-corrected chi connectivity index (χ3v) is 19.7. The predicted octanol–water partition coefficient (Wildman–Crippen LogP) is 5.50. The SMILES string of the molecule is CCCOC[Si]1(CCC)O[Si](CCC)(COCCC)O[Si](CCC)(COCCC)O1. The molecule has 0 radical (unpaired) electrons. The van der Waals surface area contributed by atoms with Crippen LogP contribution in [0, 0.1) is 0 Å². The molecule has 0 spiro atoms. The van der Waals surface area contributed by atoms with E-state index in [-0.39, 0.29) is 0 Å². The molecular formula is C21H48O6Si3. The Bertz CT molecular complexity index is 373. The second-order valence-corrected chi connectivity index (χ2v) is 18.7. The van der Waals surface area contributed by atoms with Gasteiger partial charge in [-0.05, 0) is 37.4 Å². The van der Waals surface area contributed by atoms with E-state index in [2.05, 4.69) is 41.5 Å². The minimum atomic E-state index is -2.57. The molecule has 0 N–H and O–H groups in total. The molecule has 0 aromatic carbocycles. The summed E-state index contributed by atoms with van der Waals surface area (Å²) < 4.78 is 39.3. The molecule has 1 aliphatic heterocycles. The van der Waals surface area contributed by atoms with Crippen molar-refractivity contribution in [3.8, 4) is 0 Å². The Labute approximate surface area is 189 Å².